The largest absolute Gasteiger partial charge is 0.368 e. The van der Waals surface area contributed by atoms with Crippen molar-refractivity contribution < 1.29 is 4.79 Å². The van der Waals surface area contributed by atoms with E-state index in [2.05, 4.69) is 59.5 Å². The summed E-state index contributed by atoms with van der Waals surface area (Å²) in [6.45, 7) is 7.51. The number of carbonyl (C=O) groups excluding carboxylic acids is 1. The number of halogens is 2. The van der Waals surface area contributed by atoms with Crippen molar-refractivity contribution in [2.24, 2.45) is 0 Å². The maximum Gasteiger partial charge on any atom is 0.254 e. The van der Waals surface area contributed by atoms with Gasteiger partial charge in [0.05, 0.1) is 5.02 Å². The standard InChI is InChI=1S/C19H20ClIN2O/c1-13-4-3-5-18(14(13)2)22-8-10-23(11-9-22)19(24)15-6-7-16(20)17(21)12-15/h3-7,12H,8-11H2,1-2H3. The number of hydrogen-bond donors (Lipinski definition) is 0. The number of amides is 1. The van der Waals surface area contributed by atoms with Crippen LogP contribution in [0.4, 0.5) is 5.69 Å². The molecule has 1 fully saturated rings. The summed E-state index contributed by atoms with van der Waals surface area (Å²) in [6.07, 6.45) is 0. The van der Waals surface area contributed by atoms with Crippen LogP contribution in [0.5, 0.6) is 0 Å². The molecule has 24 heavy (non-hydrogen) atoms. The van der Waals surface area contributed by atoms with Crippen LogP contribution in [0.1, 0.15) is 21.5 Å². The van der Waals surface area contributed by atoms with Crippen molar-refractivity contribution in [3.05, 3.63) is 61.7 Å². The number of anilines is 1. The van der Waals surface area contributed by atoms with E-state index in [0.29, 0.717) is 10.6 Å². The van der Waals surface area contributed by atoms with Crippen LogP contribution in [0.25, 0.3) is 0 Å². The fourth-order valence-electron chi connectivity index (χ4n) is 3.04. The molecule has 0 aliphatic carbocycles. The maximum atomic E-state index is 12.7. The van der Waals surface area contributed by atoms with Gasteiger partial charge in [0.2, 0.25) is 0 Å². The minimum absolute atomic E-state index is 0.0881. The molecular weight excluding hydrogens is 435 g/mol. The van der Waals surface area contributed by atoms with Gasteiger partial charge in [-0.3, -0.25) is 4.79 Å². The van der Waals surface area contributed by atoms with E-state index in [1.807, 2.05) is 17.0 Å². The average Bonchev–Trinajstić information content (AvgIpc) is 2.59. The summed E-state index contributed by atoms with van der Waals surface area (Å²) in [7, 11) is 0. The highest BCUT2D eigenvalue weighted by molar-refractivity contribution is 14.1. The lowest BCUT2D eigenvalue weighted by Gasteiger charge is -2.37. The molecule has 2 aromatic carbocycles. The van der Waals surface area contributed by atoms with Gasteiger partial charge in [-0.05, 0) is 71.8 Å². The topological polar surface area (TPSA) is 23.6 Å². The molecular formula is C19H20ClIN2O. The summed E-state index contributed by atoms with van der Waals surface area (Å²) in [5.74, 6) is 0.0881. The zero-order chi connectivity index (χ0) is 17.3. The van der Waals surface area contributed by atoms with Gasteiger partial charge in [0.1, 0.15) is 0 Å². The Morgan fingerprint density at radius 1 is 1.08 bits per heavy atom. The molecule has 1 saturated heterocycles. The lowest BCUT2D eigenvalue weighted by Crippen LogP contribution is -2.49. The first-order valence-electron chi connectivity index (χ1n) is 8.03. The Labute approximate surface area is 161 Å². The molecule has 0 bridgehead atoms. The molecule has 0 aromatic heterocycles. The molecule has 0 spiro atoms. The number of nitrogens with zero attached hydrogens (tertiary/aromatic N) is 2. The SMILES string of the molecule is Cc1cccc(N2CCN(C(=O)c3ccc(Cl)c(I)c3)CC2)c1C. The van der Waals surface area contributed by atoms with Crippen LogP contribution in [0.2, 0.25) is 5.02 Å². The van der Waals surface area contributed by atoms with Gasteiger partial charge in [-0.1, -0.05) is 23.7 Å². The third-order valence-electron chi connectivity index (χ3n) is 4.65. The van der Waals surface area contributed by atoms with E-state index in [9.17, 15) is 4.79 Å². The number of benzene rings is 2. The minimum Gasteiger partial charge on any atom is -0.368 e. The Balaban J connectivity index is 1.69. The second kappa shape index (κ2) is 7.31. The van der Waals surface area contributed by atoms with Gasteiger partial charge in [-0.25, -0.2) is 0 Å². The summed E-state index contributed by atoms with van der Waals surface area (Å²) < 4.78 is 0.911. The van der Waals surface area contributed by atoms with Crippen LogP contribution in [-0.2, 0) is 0 Å². The number of rotatable bonds is 2. The van der Waals surface area contributed by atoms with E-state index < -0.39 is 0 Å². The van der Waals surface area contributed by atoms with Gasteiger partial charge >= 0.3 is 0 Å². The molecule has 0 atom stereocenters. The average molecular weight is 455 g/mol. The Kier molecular flexibility index (Phi) is 5.35. The lowest BCUT2D eigenvalue weighted by molar-refractivity contribution is 0.0746. The number of carbonyl (C=O) groups is 1. The molecule has 3 rings (SSSR count). The zero-order valence-electron chi connectivity index (χ0n) is 13.9. The molecule has 2 aromatic rings. The highest BCUT2D eigenvalue weighted by Crippen LogP contribution is 2.25. The van der Waals surface area contributed by atoms with Crippen molar-refractivity contribution in [1.82, 2.24) is 4.90 Å². The Bertz CT molecular complexity index is 770. The highest BCUT2D eigenvalue weighted by atomic mass is 127. The van der Waals surface area contributed by atoms with Gasteiger partial charge < -0.3 is 9.80 Å². The lowest BCUT2D eigenvalue weighted by atomic mass is 10.1. The predicted octanol–water partition coefficient (Wildman–Crippen LogP) is 4.52. The van der Waals surface area contributed by atoms with Gasteiger partial charge in [0, 0.05) is 41.0 Å². The quantitative estimate of drug-likeness (QED) is 0.623. The summed E-state index contributed by atoms with van der Waals surface area (Å²) >= 11 is 8.21. The number of hydrogen-bond acceptors (Lipinski definition) is 2. The smallest absolute Gasteiger partial charge is 0.254 e. The molecule has 5 heteroatoms. The van der Waals surface area contributed by atoms with E-state index >= 15 is 0 Å². The van der Waals surface area contributed by atoms with Crippen LogP contribution in [0.3, 0.4) is 0 Å². The highest BCUT2D eigenvalue weighted by Gasteiger charge is 2.23. The molecule has 0 unspecified atom stereocenters. The number of aryl methyl sites for hydroxylation is 1. The molecule has 0 N–H and O–H groups in total. The van der Waals surface area contributed by atoms with Gasteiger partial charge in [0.25, 0.3) is 5.91 Å². The van der Waals surface area contributed by atoms with Gasteiger partial charge in [0.15, 0.2) is 0 Å². The van der Waals surface area contributed by atoms with Crippen molar-refractivity contribution in [2.45, 2.75) is 13.8 Å². The molecule has 1 heterocycles. The molecule has 0 radical (unpaired) electrons. The fraction of sp³-hybridized carbons (Fsp3) is 0.316. The first kappa shape index (κ1) is 17.5. The predicted molar refractivity (Wildman–Crippen MR) is 108 cm³/mol. The zero-order valence-corrected chi connectivity index (χ0v) is 16.8. The maximum absolute atomic E-state index is 12.7. The number of piperazine rings is 1. The van der Waals surface area contributed by atoms with Crippen LogP contribution in [0, 0.1) is 17.4 Å². The second-order valence-corrected chi connectivity index (χ2v) is 7.70. The van der Waals surface area contributed by atoms with Crippen molar-refractivity contribution in [2.75, 3.05) is 31.1 Å². The molecule has 1 aliphatic heterocycles. The van der Waals surface area contributed by atoms with Crippen molar-refractivity contribution >= 4 is 45.8 Å². The van der Waals surface area contributed by atoms with Crippen LogP contribution >= 0.6 is 34.2 Å². The van der Waals surface area contributed by atoms with Crippen LogP contribution in [-0.4, -0.2) is 37.0 Å². The van der Waals surface area contributed by atoms with Crippen molar-refractivity contribution in [3.8, 4) is 0 Å². The molecule has 1 aliphatic rings. The van der Waals surface area contributed by atoms with Crippen molar-refractivity contribution in [3.63, 3.8) is 0 Å². The summed E-state index contributed by atoms with van der Waals surface area (Å²) in [5.41, 5.74) is 4.62. The Morgan fingerprint density at radius 2 is 1.79 bits per heavy atom. The summed E-state index contributed by atoms with van der Waals surface area (Å²) in [5, 5.41) is 0.687. The van der Waals surface area contributed by atoms with E-state index in [-0.39, 0.29) is 5.91 Å². The van der Waals surface area contributed by atoms with E-state index in [1.54, 1.807) is 6.07 Å². The van der Waals surface area contributed by atoms with Gasteiger partial charge in [-0.2, -0.15) is 0 Å². The fourth-order valence-corrected chi connectivity index (χ4v) is 3.67. The van der Waals surface area contributed by atoms with Crippen LogP contribution in [0.15, 0.2) is 36.4 Å². The van der Waals surface area contributed by atoms with Crippen LogP contribution < -0.4 is 4.90 Å². The summed E-state index contributed by atoms with van der Waals surface area (Å²) in [6, 6.07) is 11.9. The Hall–Kier alpha value is -1.27. The first-order chi connectivity index (χ1) is 11.5. The second-order valence-electron chi connectivity index (χ2n) is 6.13. The normalized spacial score (nSPS) is 14.8. The van der Waals surface area contributed by atoms with E-state index in [4.69, 9.17) is 11.6 Å². The minimum atomic E-state index is 0.0881. The van der Waals surface area contributed by atoms with E-state index in [1.165, 1.54) is 16.8 Å². The third kappa shape index (κ3) is 3.54. The Morgan fingerprint density at radius 3 is 2.46 bits per heavy atom. The molecule has 0 saturated carbocycles. The monoisotopic (exact) mass is 454 g/mol. The van der Waals surface area contributed by atoms with Gasteiger partial charge in [-0.15, -0.1) is 0 Å². The molecule has 3 nitrogen and oxygen atoms in total. The van der Waals surface area contributed by atoms with Crippen molar-refractivity contribution in [1.29, 1.82) is 0 Å². The molecule has 126 valence electrons. The first-order valence-corrected chi connectivity index (χ1v) is 9.48. The summed E-state index contributed by atoms with van der Waals surface area (Å²) in [4.78, 5) is 17.0. The molecule has 1 amide bonds. The van der Waals surface area contributed by atoms with E-state index in [0.717, 1.165) is 29.7 Å². The third-order valence-corrected chi connectivity index (χ3v) is 6.19.